The molecule has 0 radical (unpaired) electrons. The van der Waals surface area contributed by atoms with Gasteiger partial charge in [0.05, 0.1) is 5.52 Å². The summed E-state index contributed by atoms with van der Waals surface area (Å²) in [6, 6.07) is 23.2. The Morgan fingerprint density at radius 2 is 1.62 bits per heavy atom. The maximum Gasteiger partial charge on any atom is 0.160 e. The Morgan fingerprint density at radius 3 is 2.38 bits per heavy atom. The molecule has 4 aromatic rings. The average molecular weight is 427 g/mol. The number of nitrogens with zero attached hydrogens (tertiary/aromatic N) is 2. The van der Waals surface area contributed by atoms with Gasteiger partial charge in [0, 0.05) is 42.2 Å². The fraction of sp³-hybridized carbons (Fsp3) is 0.296. The van der Waals surface area contributed by atoms with Crippen LogP contribution < -0.4 is 10.6 Å². The quantitative estimate of drug-likeness (QED) is 0.366. The molecular formula is C27H30N4O. The highest BCUT2D eigenvalue weighted by atomic mass is 16.5. The lowest BCUT2D eigenvalue weighted by atomic mass is 10.0. The number of benzene rings is 3. The normalized spacial score (nSPS) is 14.6. The average Bonchev–Trinajstić information content (AvgIpc) is 3.14. The number of ether oxygens (including phenoxy) is 1. The van der Waals surface area contributed by atoms with Crippen LogP contribution in [0, 0.1) is 19.8 Å². The lowest BCUT2D eigenvalue weighted by molar-refractivity contribution is 0.0606. The zero-order chi connectivity index (χ0) is 21.9. The van der Waals surface area contributed by atoms with Crippen molar-refractivity contribution in [1.82, 2.24) is 9.78 Å². The zero-order valence-corrected chi connectivity index (χ0v) is 18.8. The van der Waals surface area contributed by atoms with E-state index >= 15 is 0 Å². The Kier molecular flexibility index (Phi) is 5.82. The predicted molar refractivity (Wildman–Crippen MR) is 132 cm³/mol. The van der Waals surface area contributed by atoms with E-state index in [9.17, 15) is 0 Å². The van der Waals surface area contributed by atoms with Gasteiger partial charge in [-0.2, -0.15) is 5.10 Å². The van der Waals surface area contributed by atoms with Crippen molar-refractivity contribution >= 4 is 33.8 Å². The smallest absolute Gasteiger partial charge is 0.160 e. The summed E-state index contributed by atoms with van der Waals surface area (Å²) in [5.41, 5.74) is 6.87. The molecule has 1 fully saturated rings. The van der Waals surface area contributed by atoms with Crippen LogP contribution in [0.5, 0.6) is 0 Å². The maximum atomic E-state index is 5.57. The van der Waals surface area contributed by atoms with E-state index in [1.54, 1.807) is 0 Å². The molecule has 0 spiro atoms. The minimum absolute atomic E-state index is 0.589. The molecule has 0 amide bonds. The lowest BCUT2D eigenvalue weighted by Crippen LogP contribution is -2.21. The van der Waals surface area contributed by atoms with Crippen LogP contribution in [0.4, 0.5) is 22.9 Å². The summed E-state index contributed by atoms with van der Waals surface area (Å²) < 4.78 is 7.75. The molecule has 0 saturated carbocycles. The molecule has 164 valence electrons. The van der Waals surface area contributed by atoms with Crippen LogP contribution >= 0.6 is 0 Å². The molecule has 1 aliphatic rings. The summed E-state index contributed by atoms with van der Waals surface area (Å²) in [6.07, 6.45) is 2.17. The van der Waals surface area contributed by atoms with E-state index in [0.717, 1.165) is 66.4 Å². The van der Waals surface area contributed by atoms with E-state index in [2.05, 4.69) is 77.7 Å². The van der Waals surface area contributed by atoms with Crippen LogP contribution in [0.3, 0.4) is 0 Å². The minimum atomic E-state index is 0.589. The molecule has 0 aliphatic carbocycles. The van der Waals surface area contributed by atoms with Crippen molar-refractivity contribution in [2.75, 3.05) is 23.8 Å². The number of anilines is 4. The van der Waals surface area contributed by atoms with Crippen molar-refractivity contribution in [2.45, 2.75) is 33.2 Å². The van der Waals surface area contributed by atoms with E-state index < -0.39 is 0 Å². The first-order chi connectivity index (χ1) is 15.7. The second-order valence-corrected chi connectivity index (χ2v) is 8.70. The Morgan fingerprint density at radius 1 is 0.875 bits per heavy atom. The number of aromatic nitrogens is 2. The SMILES string of the molecule is Cc1cccc(C)c1Nc1nn(CC2CCOCC2)c2cc(Nc3ccccc3)ccc12. The van der Waals surface area contributed by atoms with Gasteiger partial charge in [-0.3, -0.25) is 4.68 Å². The number of nitrogens with one attached hydrogen (secondary N) is 2. The molecule has 0 bridgehead atoms. The molecule has 1 aromatic heterocycles. The Balaban J connectivity index is 1.53. The van der Waals surface area contributed by atoms with Gasteiger partial charge in [0.1, 0.15) is 0 Å². The summed E-state index contributed by atoms with van der Waals surface area (Å²) in [4.78, 5) is 0. The third kappa shape index (κ3) is 4.34. The molecule has 2 heterocycles. The monoisotopic (exact) mass is 426 g/mol. The molecule has 1 aliphatic heterocycles. The maximum absolute atomic E-state index is 5.57. The first-order valence-electron chi connectivity index (χ1n) is 11.4. The second kappa shape index (κ2) is 9.05. The third-order valence-electron chi connectivity index (χ3n) is 6.31. The van der Waals surface area contributed by atoms with Gasteiger partial charge in [0.15, 0.2) is 5.82 Å². The molecule has 5 heteroatoms. The van der Waals surface area contributed by atoms with Gasteiger partial charge in [0.25, 0.3) is 0 Å². The van der Waals surface area contributed by atoms with Crippen LogP contribution in [0.2, 0.25) is 0 Å². The summed E-state index contributed by atoms with van der Waals surface area (Å²) in [5, 5.41) is 13.3. The summed E-state index contributed by atoms with van der Waals surface area (Å²) in [7, 11) is 0. The van der Waals surface area contributed by atoms with Crippen molar-refractivity contribution in [3.8, 4) is 0 Å². The zero-order valence-electron chi connectivity index (χ0n) is 18.8. The van der Waals surface area contributed by atoms with Crippen molar-refractivity contribution in [1.29, 1.82) is 0 Å². The molecule has 0 unspecified atom stereocenters. The molecule has 2 N–H and O–H groups in total. The topological polar surface area (TPSA) is 51.1 Å². The van der Waals surface area contributed by atoms with Crippen LogP contribution in [0.15, 0.2) is 66.7 Å². The molecule has 1 saturated heterocycles. The van der Waals surface area contributed by atoms with Crippen LogP contribution in [-0.2, 0) is 11.3 Å². The van der Waals surface area contributed by atoms with E-state index in [0.29, 0.717) is 5.92 Å². The Bertz CT molecular complexity index is 1190. The fourth-order valence-corrected chi connectivity index (χ4v) is 4.47. The van der Waals surface area contributed by atoms with Gasteiger partial charge >= 0.3 is 0 Å². The highest BCUT2D eigenvalue weighted by Crippen LogP contribution is 2.32. The van der Waals surface area contributed by atoms with E-state index in [1.807, 2.05) is 18.2 Å². The number of fused-ring (bicyclic) bond motifs is 1. The van der Waals surface area contributed by atoms with Gasteiger partial charge in [-0.05, 0) is 74.1 Å². The van der Waals surface area contributed by atoms with Crippen LogP contribution in [-0.4, -0.2) is 23.0 Å². The number of hydrogen-bond donors (Lipinski definition) is 2. The largest absolute Gasteiger partial charge is 0.381 e. The highest BCUT2D eigenvalue weighted by Gasteiger charge is 2.19. The number of rotatable bonds is 6. The number of hydrogen-bond acceptors (Lipinski definition) is 4. The third-order valence-corrected chi connectivity index (χ3v) is 6.31. The molecular weight excluding hydrogens is 396 g/mol. The highest BCUT2D eigenvalue weighted by molar-refractivity contribution is 5.94. The summed E-state index contributed by atoms with van der Waals surface area (Å²) >= 11 is 0. The summed E-state index contributed by atoms with van der Waals surface area (Å²) in [6.45, 7) is 6.87. The van der Waals surface area contributed by atoms with Gasteiger partial charge in [-0.25, -0.2) is 0 Å². The molecule has 5 rings (SSSR count). The van der Waals surface area contributed by atoms with Crippen molar-refractivity contribution in [3.05, 3.63) is 77.9 Å². The standard InChI is InChI=1S/C27H30N4O/c1-19-7-6-8-20(2)26(19)29-27-24-12-11-23(28-22-9-4-3-5-10-22)17-25(24)31(30-27)18-21-13-15-32-16-14-21/h3-12,17,21,28H,13-16,18H2,1-2H3,(H,29,30). The first kappa shape index (κ1) is 20.6. The first-order valence-corrected chi connectivity index (χ1v) is 11.4. The van der Waals surface area contributed by atoms with Crippen LogP contribution in [0.1, 0.15) is 24.0 Å². The van der Waals surface area contributed by atoms with Crippen LogP contribution in [0.25, 0.3) is 10.9 Å². The molecule has 3 aromatic carbocycles. The second-order valence-electron chi connectivity index (χ2n) is 8.70. The molecule has 32 heavy (non-hydrogen) atoms. The van der Waals surface area contributed by atoms with Crippen molar-refractivity contribution in [3.63, 3.8) is 0 Å². The molecule has 0 atom stereocenters. The van der Waals surface area contributed by atoms with Gasteiger partial charge < -0.3 is 15.4 Å². The van der Waals surface area contributed by atoms with E-state index in [1.165, 1.54) is 11.1 Å². The minimum Gasteiger partial charge on any atom is -0.381 e. The van der Waals surface area contributed by atoms with E-state index in [4.69, 9.17) is 9.84 Å². The van der Waals surface area contributed by atoms with Gasteiger partial charge in [0.2, 0.25) is 0 Å². The van der Waals surface area contributed by atoms with Crippen molar-refractivity contribution in [2.24, 2.45) is 5.92 Å². The lowest BCUT2D eigenvalue weighted by Gasteiger charge is -2.22. The summed E-state index contributed by atoms with van der Waals surface area (Å²) in [5.74, 6) is 1.50. The van der Waals surface area contributed by atoms with Gasteiger partial charge in [-0.1, -0.05) is 36.4 Å². The Labute approximate surface area is 189 Å². The fourth-order valence-electron chi connectivity index (χ4n) is 4.47. The van der Waals surface area contributed by atoms with E-state index in [-0.39, 0.29) is 0 Å². The van der Waals surface area contributed by atoms with Crippen molar-refractivity contribution < 1.29 is 4.74 Å². The predicted octanol–water partition coefficient (Wildman–Crippen LogP) is 6.57. The number of para-hydroxylation sites is 2. The Hall–Kier alpha value is -3.31. The molecule has 5 nitrogen and oxygen atoms in total. The number of aryl methyl sites for hydroxylation is 2. The van der Waals surface area contributed by atoms with Gasteiger partial charge in [-0.15, -0.1) is 0 Å².